The van der Waals surface area contributed by atoms with Crippen molar-refractivity contribution in [2.45, 2.75) is 45.3 Å². The lowest BCUT2D eigenvalue weighted by Gasteiger charge is -2.39. The molecule has 5 nitrogen and oxygen atoms in total. The molecule has 1 aliphatic heterocycles. The van der Waals surface area contributed by atoms with Gasteiger partial charge in [-0.15, -0.1) is 0 Å². The average Bonchev–Trinajstić information content (AvgIpc) is 2.46. The molecule has 0 aromatic rings. The first-order valence-electron chi connectivity index (χ1n) is 7.31. The number of alkyl halides is 2. The number of amides is 1. The van der Waals surface area contributed by atoms with Gasteiger partial charge in [-0.1, -0.05) is 12.7 Å². The van der Waals surface area contributed by atoms with Gasteiger partial charge in [0.1, 0.15) is 17.3 Å². The summed E-state index contributed by atoms with van der Waals surface area (Å²) in [6.07, 6.45) is -0.0939. The Morgan fingerprint density at radius 2 is 2.22 bits per heavy atom. The van der Waals surface area contributed by atoms with E-state index >= 15 is 0 Å². The van der Waals surface area contributed by atoms with Gasteiger partial charge in [0.25, 0.3) is 5.91 Å². The number of aliphatic hydroxyl groups is 1. The zero-order valence-corrected chi connectivity index (χ0v) is 13.6. The molecule has 0 saturated carbocycles. The molecule has 1 N–H and O–H groups in total. The third-order valence-corrected chi connectivity index (χ3v) is 3.64. The van der Waals surface area contributed by atoms with E-state index in [2.05, 4.69) is 6.58 Å². The van der Waals surface area contributed by atoms with E-state index in [1.165, 1.54) is 19.1 Å². The molecule has 23 heavy (non-hydrogen) atoms. The Morgan fingerprint density at radius 3 is 2.65 bits per heavy atom. The van der Waals surface area contributed by atoms with Crippen LogP contribution in [0, 0.1) is 16.7 Å². The van der Waals surface area contributed by atoms with E-state index in [4.69, 9.17) is 10.00 Å². The maximum atomic E-state index is 14.3. The number of halogens is 2. The first kappa shape index (κ1) is 19.1. The van der Waals surface area contributed by atoms with E-state index in [1.54, 1.807) is 13.8 Å². The predicted molar refractivity (Wildman–Crippen MR) is 80.4 cm³/mol. The van der Waals surface area contributed by atoms with E-state index in [1.807, 2.05) is 6.07 Å². The van der Waals surface area contributed by atoms with Crippen LogP contribution in [0.5, 0.6) is 0 Å². The third kappa shape index (κ3) is 4.52. The van der Waals surface area contributed by atoms with Gasteiger partial charge in [-0.2, -0.15) is 5.26 Å². The molecule has 1 fully saturated rings. The summed E-state index contributed by atoms with van der Waals surface area (Å²) in [5.41, 5.74) is -1.07. The Bertz CT molecular complexity index is 536. The van der Waals surface area contributed by atoms with Gasteiger partial charge in [0, 0.05) is 13.0 Å². The maximum absolute atomic E-state index is 14.3. The normalized spacial score (nSPS) is 22.9. The monoisotopic (exact) mass is 328 g/mol. The molecule has 1 unspecified atom stereocenters. The van der Waals surface area contributed by atoms with Gasteiger partial charge in [-0.05, 0) is 26.8 Å². The van der Waals surface area contributed by atoms with Crippen molar-refractivity contribution in [3.05, 3.63) is 24.5 Å². The quantitative estimate of drug-likeness (QED) is 0.620. The van der Waals surface area contributed by atoms with Crippen LogP contribution in [-0.2, 0) is 9.53 Å². The first-order valence-corrected chi connectivity index (χ1v) is 7.31. The zero-order valence-electron chi connectivity index (χ0n) is 13.6. The molecule has 2 atom stereocenters. The van der Waals surface area contributed by atoms with Crippen molar-refractivity contribution in [3.63, 3.8) is 0 Å². The second-order valence-corrected chi connectivity index (χ2v) is 6.10. The Hall–Kier alpha value is -1.94. The lowest BCUT2D eigenvalue weighted by atomic mass is 9.92. The van der Waals surface area contributed by atoms with Crippen LogP contribution in [0.1, 0.15) is 27.2 Å². The number of likely N-dealkylation sites (tertiary alicyclic amines) is 1. The molecule has 0 aromatic carbocycles. The summed E-state index contributed by atoms with van der Waals surface area (Å²) in [5, 5.41) is 18.4. The number of allylic oxidation sites excluding steroid dienone is 3. The van der Waals surface area contributed by atoms with Gasteiger partial charge in [0.15, 0.2) is 6.10 Å². The van der Waals surface area contributed by atoms with E-state index < -0.39 is 36.0 Å². The number of hydrogen-bond acceptors (Lipinski definition) is 4. The number of piperidine rings is 1. The summed E-state index contributed by atoms with van der Waals surface area (Å²) in [6.45, 7) is 7.09. The highest BCUT2D eigenvalue weighted by atomic mass is 19.3. The fraction of sp³-hybridized carbons (Fsp3) is 0.625. The lowest BCUT2D eigenvalue weighted by molar-refractivity contribution is -0.176. The van der Waals surface area contributed by atoms with Crippen molar-refractivity contribution in [1.29, 1.82) is 5.26 Å². The number of rotatable bonds is 5. The highest BCUT2D eigenvalue weighted by Gasteiger charge is 2.49. The molecule has 1 amide bonds. The topological polar surface area (TPSA) is 73.6 Å². The molecular formula is C16H22F2N2O3. The minimum atomic E-state index is -3.28. The number of aliphatic hydroxyl groups excluding tert-OH is 1. The minimum Gasteiger partial charge on any atom is -0.487 e. The average molecular weight is 328 g/mol. The third-order valence-electron chi connectivity index (χ3n) is 3.64. The molecule has 128 valence electrons. The smallest absolute Gasteiger partial charge is 0.301 e. The Balaban J connectivity index is 2.91. The summed E-state index contributed by atoms with van der Waals surface area (Å²) in [5.74, 6) is -3.91. The largest absolute Gasteiger partial charge is 0.487 e. The Kier molecular flexibility index (Phi) is 5.89. The summed E-state index contributed by atoms with van der Waals surface area (Å²) in [4.78, 5) is 12.6. The fourth-order valence-electron chi connectivity index (χ4n) is 2.23. The van der Waals surface area contributed by atoms with Crippen molar-refractivity contribution in [1.82, 2.24) is 4.90 Å². The second-order valence-electron chi connectivity index (χ2n) is 6.10. The van der Waals surface area contributed by atoms with Crippen LogP contribution >= 0.6 is 0 Å². The van der Waals surface area contributed by atoms with Crippen LogP contribution in [-0.4, -0.2) is 47.1 Å². The summed E-state index contributed by atoms with van der Waals surface area (Å²) >= 11 is 0. The van der Waals surface area contributed by atoms with Crippen LogP contribution in [0.3, 0.4) is 0 Å². The number of ether oxygens (including phenoxy) is 1. The lowest BCUT2D eigenvalue weighted by Crippen LogP contribution is -2.56. The van der Waals surface area contributed by atoms with Gasteiger partial charge in [-0.3, -0.25) is 4.79 Å². The Morgan fingerprint density at radius 1 is 1.61 bits per heavy atom. The standard InChI is InChI=1S/C16H22F2N2O3/c1-5-6-12(15(3,4)9-19)23-13-7-8-20(10-16(13,17)18)14(22)11(2)21/h5-6,11,13,21H,1,7-8,10H2,2-4H3/b12-6+/t11-,13?/m0/s1. The highest BCUT2D eigenvalue weighted by molar-refractivity contribution is 5.80. The van der Waals surface area contributed by atoms with Crippen LogP contribution in [0.25, 0.3) is 0 Å². The molecule has 1 saturated heterocycles. The molecule has 0 radical (unpaired) electrons. The molecule has 0 bridgehead atoms. The number of hydrogen-bond donors (Lipinski definition) is 1. The number of carbonyl (C=O) groups excluding carboxylic acids is 1. The van der Waals surface area contributed by atoms with Crippen molar-refractivity contribution < 1.29 is 23.4 Å². The second kappa shape index (κ2) is 7.09. The molecule has 7 heteroatoms. The van der Waals surface area contributed by atoms with E-state index in [-0.39, 0.29) is 18.7 Å². The van der Waals surface area contributed by atoms with E-state index in [0.717, 1.165) is 4.90 Å². The van der Waals surface area contributed by atoms with Crippen LogP contribution in [0.4, 0.5) is 8.78 Å². The van der Waals surface area contributed by atoms with Crippen molar-refractivity contribution >= 4 is 5.91 Å². The predicted octanol–water partition coefficient (Wildman–Crippen LogP) is 2.24. The molecule has 0 aromatic heterocycles. The first-order chi connectivity index (χ1) is 10.5. The van der Waals surface area contributed by atoms with Crippen LogP contribution in [0.15, 0.2) is 24.5 Å². The van der Waals surface area contributed by atoms with Gasteiger partial charge in [0.05, 0.1) is 12.6 Å². The molecule has 0 spiro atoms. The maximum Gasteiger partial charge on any atom is 0.301 e. The molecular weight excluding hydrogens is 306 g/mol. The summed E-state index contributed by atoms with van der Waals surface area (Å²) in [7, 11) is 0. The number of carbonyl (C=O) groups is 1. The van der Waals surface area contributed by atoms with E-state index in [9.17, 15) is 18.7 Å². The minimum absolute atomic E-state index is 0.0539. The highest BCUT2D eigenvalue weighted by Crippen LogP contribution is 2.35. The fourth-order valence-corrected chi connectivity index (χ4v) is 2.23. The molecule has 1 aliphatic rings. The van der Waals surface area contributed by atoms with Crippen molar-refractivity contribution in [3.8, 4) is 6.07 Å². The van der Waals surface area contributed by atoms with Gasteiger partial charge < -0.3 is 14.7 Å². The molecule has 0 aliphatic carbocycles. The number of nitriles is 1. The van der Waals surface area contributed by atoms with Crippen molar-refractivity contribution in [2.24, 2.45) is 5.41 Å². The van der Waals surface area contributed by atoms with Gasteiger partial charge in [0.2, 0.25) is 0 Å². The summed E-state index contributed by atoms with van der Waals surface area (Å²) in [6, 6.07) is 2.00. The van der Waals surface area contributed by atoms with E-state index in [0.29, 0.717) is 0 Å². The van der Waals surface area contributed by atoms with Crippen LogP contribution < -0.4 is 0 Å². The molecule has 1 heterocycles. The SMILES string of the molecule is C=C/C=C(/OC1CCN(C(=O)[C@H](C)O)CC1(F)F)C(C)(C)C#N. The Labute approximate surface area is 134 Å². The molecule has 1 rings (SSSR count). The number of nitrogens with zero attached hydrogens (tertiary/aromatic N) is 2. The van der Waals surface area contributed by atoms with Crippen molar-refractivity contribution in [2.75, 3.05) is 13.1 Å². The van der Waals surface area contributed by atoms with Gasteiger partial charge >= 0.3 is 5.92 Å². The van der Waals surface area contributed by atoms with Gasteiger partial charge in [-0.25, -0.2) is 8.78 Å². The van der Waals surface area contributed by atoms with Crippen LogP contribution in [0.2, 0.25) is 0 Å². The zero-order chi connectivity index (χ0) is 17.8. The summed E-state index contributed by atoms with van der Waals surface area (Å²) < 4.78 is 34.0.